The van der Waals surface area contributed by atoms with Crippen molar-refractivity contribution in [3.05, 3.63) is 17.5 Å². The summed E-state index contributed by atoms with van der Waals surface area (Å²) in [5, 5.41) is 7.11. The highest BCUT2D eigenvalue weighted by Gasteiger charge is 2.42. The van der Waals surface area contributed by atoms with Gasteiger partial charge in [-0.2, -0.15) is 0 Å². The molecule has 3 atom stereocenters. The van der Waals surface area contributed by atoms with Gasteiger partial charge in [0.15, 0.2) is 0 Å². The zero-order valence-electron chi connectivity index (χ0n) is 13.7. The number of amides is 1. The molecule has 1 saturated carbocycles. The average Bonchev–Trinajstić information content (AvgIpc) is 3.13. The van der Waals surface area contributed by atoms with Gasteiger partial charge in [-0.25, -0.2) is 0 Å². The van der Waals surface area contributed by atoms with Crippen LogP contribution in [0.25, 0.3) is 0 Å². The van der Waals surface area contributed by atoms with E-state index in [0.717, 1.165) is 50.5 Å². The van der Waals surface area contributed by atoms with Crippen molar-refractivity contribution in [1.82, 2.24) is 15.4 Å². The van der Waals surface area contributed by atoms with Gasteiger partial charge in [-0.15, -0.1) is 0 Å². The maximum Gasteiger partial charge on any atom is 0.249 e. The second kappa shape index (κ2) is 6.24. The highest BCUT2D eigenvalue weighted by molar-refractivity contribution is 5.81. The molecule has 6 nitrogen and oxygen atoms in total. The van der Waals surface area contributed by atoms with Gasteiger partial charge < -0.3 is 14.6 Å². The minimum atomic E-state index is -0.252. The SMILES string of the molecule is Cc1cc(CN2CC[C@@H]3C[C@H](C(=O)NCC4CC4)O[C@H]3C2)no1. The molecule has 1 aliphatic carbocycles. The lowest BCUT2D eigenvalue weighted by Gasteiger charge is -2.33. The van der Waals surface area contributed by atoms with Gasteiger partial charge in [-0.3, -0.25) is 9.69 Å². The number of carbonyl (C=O) groups excluding carboxylic acids is 1. The van der Waals surface area contributed by atoms with Crippen LogP contribution in [-0.4, -0.2) is 47.8 Å². The van der Waals surface area contributed by atoms with Crippen LogP contribution in [0, 0.1) is 18.8 Å². The Hall–Kier alpha value is -1.40. The first-order valence-electron chi connectivity index (χ1n) is 8.75. The molecule has 2 saturated heterocycles. The Kier molecular flexibility index (Phi) is 4.11. The van der Waals surface area contributed by atoms with Crippen LogP contribution in [0.5, 0.6) is 0 Å². The predicted octanol–water partition coefficient (Wildman–Crippen LogP) is 1.49. The summed E-state index contributed by atoms with van der Waals surface area (Å²) in [7, 11) is 0. The molecule has 1 aromatic rings. The number of carbonyl (C=O) groups is 1. The normalized spacial score (nSPS) is 31.1. The Morgan fingerprint density at radius 3 is 3.04 bits per heavy atom. The summed E-state index contributed by atoms with van der Waals surface area (Å²) >= 11 is 0. The van der Waals surface area contributed by atoms with E-state index in [1.165, 1.54) is 12.8 Å². The zero-order chi connectivity index (χ0) is 15.8. The molecule has 4 rings (SSSR count). The Bertz CT molecular complexity index is 569. The Balaban J connectivity index is 1.28. The number of rotatable bonds is 5. The topological polar surface area (TPSA) is 67.6 Å². The molecular weight excluding hydrogens is 294 g/mol. The van der Waals surface area contributed by atoms with E-state index in [1.807, 2.05) is 13.0 Å². The van der Waals surface area contributed by atoms with Crippen molar-refractivity contribution in [2.24, 2.45) is 11.8 Å². The van der Waals surface area contributed by atoms with E-state index in [1.54, 1.807) is 0 Å². The Morgan fingerprint density at radius 2 is 2.30 bits per heavy atom. The van der Waals surface area contributed by atoms with Crippen LogP contribution >= 0.6 is 0 Å². The number of hydrogen-bond donors (Lipinski definition) is 1. The molecule has 1 amide bonds. The van der Waals surface area contributed by atoms with Gasteiger partial charge in [-0.05, 0) is 51.0 Å². The van der Waals surface area contributed by atoms with E-state index in [2.05, 4.69) is 15.4 Å². The molecule has 3 heterocycles. The highest BCUT2D eigenvalue weighted by atomic mass is 16.5. The van der Waals surface area contributed by atoms with E-state index in [0.29, 0.717) is 11.8 Å². The molecule has 0 aromatic carbocycles. The Labute approximate surface area is 136 Å². The average molecular weight is 319 g/mol. The molecule has 23 heavy (non-hydrogen) atoms. The first-order valence-corrected chi connectivity index (χ1v) is 8.75. The van der Waals surface area contributed by atoms with Gasteiger partial charge >= 0.3 is 0 Å². The second-order valence-corrected chi connectivity index (χ2v) is 7.30. The third kappa shape index (κ3) is 3.58. The molecular formula is C17H25N3O3. The van der Waals surface area contributed by atoms with Gasteiger partial charge in [0.05, 0.1) is 11.8 Å². The summed E-state index contributed by atoms with van der Waals surface area (Å²) in [6.07, 6.45) is 4.40. The lowest BCUT2D eigenvalue weighted by Crippen LogP contribution is -2.42. The van der Waals surface area contributed by atoms with E-state index in [9.17, 15) is 4.79 Å². The fourth-order valence-electron chi connectivity index (χ4n) is 3.71. The number of nitrogens with zero attached hydrogens (tertiary/aromatic N) is 2. The molecule has 3 fully saturated rings. The van der Waals surface area contributed by atoms with Crippen LogP contribution in [-0.2, 0) is 16.1 Å². The number of piperidine rings is 1. The number of aryl methyl sites for hydroxylation is 1. The summed E-state index contributed by atoms with van der Waals surface area (Å²) < 4.78 is 11.2. The Morgan fingerprint density at radius 1 is 1.43 bits per heavy atom. The van der Waals surface area contributed by atoms with Crippen molar-refractivity contribution < 1.29 is 14.1 Å². The fourth-order valence-corrected chi connectivity index (χ4v) is 3.71. The molecule has 2 aliphatic heterocycles. The molecule has 0 unspecified atom stereocenters. The second-order valence-electron chi connectivity index (χ2n) is 7.30. The maximum atomic E-state index is 12.2. The number of likely N-dealkylation sites (tertiary alicyclic amines) is 1. The van der Waals surface area contributed by atoms with E-state index < -0.39 is 0 Å². The summed E-state index contributed by atoms with van der Waals surface area (Å²) in [6.45, 7) is 5.44. The van der Waals surface area contributed by atoms with Crippen molar-refractivity contribution in [3.63, 3.8) is 0 Å². The van der Waals surface area contributed by atoms with Crippen molar-refractivity contribution in [1.29, 1.82) is 0 Å². The smallest absolute Gasteiger partial charge is 0.249 e. The van der Waals surface area contributed by atoms with Gasteiger partial charge in [0.2, 0.25) is 5.91 Å². The summed E-state index contributed by atoms with van der Waals surface area (Å²) in [5.41, 5.74) is 0.970. The van der Waals surface area contributed by atoms with E-state index in [4.69, 9.17) is 9.26 Å². The molecule has 3 aliphatic rings. The predicted molar refractivity (Wildman–Crippen MR) is 83.6 cm³/mol. The van der Waals surface area contributed by atoms with Crippen molar-refractivity contribution in [2.75, 3.05) is 19.6 Å². The third-order valence-corrected chi connectivity index (χ3v) is 5.25. The minimum absolute atomic E-state index is 0.0879. The minimum Gasteiger partial charge on any atom is -0.364 e. The van der Waals surface area contributed by atoms with Crippen molar-refractivity contribution >= 4 is 5.91 Å². The number of nitrogens with one attached hydrogen (secondary N) is 1. The number of aromatic nitrogens is 1. The molecule has 0 bridgehead atoms. The number of fused-ring (bicyclic) bond motifs is 1. The lowest BCUT2D eigenvalue weighted by atomic mass is 9.91. The van der Waals surface area contributed by atoms with Crippen LogP contribution in [0.15, 0.2) is 10.6 Å². The van der Waals surface area contributed by atoms with Crippen LogP contribution < -0.4 is 5.32 Å². The quantitative estimate of drug-likeness (QED) is 0.890. The largest absolute Gasteiger partial charge is 0.364 e. The number of ether oxygens (including phenoxy) is 1. The number of hydrogen-bond acceptors (Lipinski definition) is 5. The molecule has 0 spiro atoms. The van der Waals surface area contributed by atoms with Crippen LogP contribution in [0.3, 0.4) is 0 Å². The van der Waals surface area contributed by atoms with E-state index >= 15 is 0 Å². The van der Waals surface area contributed by atoms with Gasteiger partial charge in [-0.1, -0.05) is 5.16 Å². The third-order valence-electron chi connectivity index (χ3n) is 5.25. The first kappa shape index (κ1) is 15.1. The molecule has 126 valence electrons. The van der Waals surface area contributed by atoms with E-state index in [-0.39, 0.29) is 18.1 Å². The molecule has 0 radical (unpaired) electrons. The maximum absolute atomic E-state index is 12.2. The summed E-state index contributed by atoms with van der Waals surface area (Å²) in [6, 6.07) is 1.98. The molecule has 1 N–H and O–H groups in total. The first-order chi connectivity index (χ1) is 11.2. The van der Waals surface area contributed by atoms with Crippen LogP contribution in [0.4, 0.5) is 0 Å². The fraction of sp³-hybridized carbons (Fsp3) is 0.765. The van der Waals surface area contributed by atoms with Gasteiger partial charge in [0.1, 0.15) is 11.9 Å². The van der Waals surface area contributed by atoms with Gasteiger partial charge in [0.25, 0.3) is 0 Å². The standard InChI is InChI=1S/C17H25N3O3/c1-11-6-14(19-23-11)9-20-5-4-13-7-15(22-16(13)10-20)17(21)18-8-12-2-3-12/h6,12-13,15-16H,2-5,7-10H2,1H3,(H,18,21)/t13-,15-,16+/m1/s1. The van der Waals surface area contributed by atoms with Crippen LogP contribution in [0.1, 0.15) is 37.1 Å². The van der Waals surface area contributed by atoms with Crippen molar-refractivity contribution in [2.45, 2.75) is 51.4 Å². The summed E-state index contributed by atoms with van der Waals surface area (Å²) in [4.78, 5) is 14.6. The zero-order valence-corrected chi connectivity index (χ0v) is 13.7. The summed E-state index contributed by atoms with van der Waals surface area (Å²) in [5.74, 6) is 2.16. The van der Waals surface area contributed by atoms with Gasteiger partial charge in [0, 0.05) is 25.7 Å². The van der Waals surface area contributed by atoms with Crippen molar-refractivity contribution in [3.8, 4) is 0 Å². The monoisotopic (exact) mass is 319 g/mol. The van der Waals surface area contributed by atoms with Crippen LogP contribution in [0.2, 0.25) is 0 Å². The highest BCUT2D eigenvalue weighted by Crippen LogP contribution is 2.34. The molecule has 6 heteroatoms. The molecule has 1 aromatic heterocycles. The lowest BCUT2D eigenvalue weighted by molar-refractivity contribution is -0.132.